The molecule has 0 spiro atoms. The molecular formula is C13H18Cl2N2O2. The van der Waals surface area contributed by atoms with E-state index in [-0.39, 0.29) is 12.5 Å². The van der Waals surface area contributed by atoms with Crippen LogP contribution in [0.3, 0.4) is 0 Å². The maximum atomic E-state index is 12.1. The molecular weight excluding hydrogens is 287 g/mol. The van der Waals surface area contributed by atoms with Crippen molar-refractivity contribution in [2.75, 3.05) is 20.3 Å². The second-order valence-electron chi connectivity index (χ2n) is 4.16. The fourth-order valence-corrected chi connectivity index (χ4v) is 2.01. The minimum atomic E-state index is -0.646. The zero-order valence-corrected chi connectivity index (χ0v) is 12.5. The van der Waals surface area contributed by atoms with Crippen LogP contribution in [0.25, 0.3) is 0 Å². The maximum Gasteiger partial charge on any atom is 0.242 e. The van der Waals surface area contributed by atoms with Gasteiger partial charge in [0.05, 0.1) is 16.7 Å². The summed E-state index contributed by atoms with van der Waals surface area (Å²) in [5, 5.41) is 0.972. The number of carbonyl (C=O) groups excluding carboxylic acids is 1. The largest absolute Gasteiger partial charge is 0.383 e. The first-order chi connectivity index (χ1) is 8.99. The molecule has 0 fully saturated rings. The number of rotatable bonds is 6. The number of halogens is 2. The number of ether oxygens (including phenoxy) is 1. The van der Waals surface area contributed by atoms with Gasteiger partial charge < -0.3 is 15.4 Å². The minimum absolute atomic E-state index is 0.143. The molecule has 0 aromatic heterocycles. The van der Waals surface area contributed by atoms with Crippen LogP contribution < -0.4 is 5.73 Å². The van der Waals surface area contributed by atoms with Gasteiger partial charge in [-0.1, -0.05) is 29.3 Å². The average molecular weight is 305 g/mol. The number of likely N-dealkylation sites (N-methyl/N-ethyl adjacent to an activating group) is 1. The van der Waals surface area contributed by atoms with Crippen LogP contribution >= 0.6 is 23.2 Å². The van der Waals surface area contributed by atoms with Crippen LogP contribution in [0.2, 0.25) is 10.0 Å². The molecule has 0 heterocycles. The standard InChI is InChI=1S/C13H18Cl2N2O2/c1-3-17(13(18)12(16)8-19-2)7-9-4-5-10(14)11(15)6-9/h4-6,12H,3,7-8,16H2,1-2H3. The molecule has 1 atom stereocenters. The van der Waals surface area contributed by atoms with Gasteiger partial charge >= 0.3 is 0 Å². The van der Waals surface area contributed by atoms with E-state index in [4.69, 9.17) is 33.7 Å². The highest BCUT2D eigenvalue weighted by molar-refractivity contribution is 6.42. The van der Waals surface area contributed by atoms with Crippen molar-refractivity contribution in [1.82, 2.24) is 4.90 Å². The smallest absolute Gasteiger partial charge is 0.242 e. The van der Waals surface area contributed by atoms with Gasteiger partial charge in [-0.15, -0.1) is 0 Å². The van der Waals surface area contributed by atoms with Gasteiger partial charge in [-0.3, -0.25) is 4.79 Å². The monoisotopic (exact) mass is 304 g/mol. The Kier molecular flexibility index (Phi) is 6.58. The third-order valence-electron chi connectivity index (χ3n) is 2.71. The van der Waals surface area contributed by atoms with Crippen LogP contribution in [0.5, 0.6) is 0 Å². The van der Waals surface area contributed by atoms with Gasteiger partial charge in [0.1, 0.15) is 6.04 Å². The molecule has 0 saturated heterocycles. The summed E-state index contributed by atoms with van der Waals surface area (Å²) in [6.07, 6.45) is 0. The summed E-state index contributed by atoms with van der Waals surface area (Å²) in [7, 11) is 1.52. The summed E-state index contributed by atoms with van der Waals surface area (Å²) in [5.74, 6) is -0.143. The second-order valence-corrected chi connectivity index (χ2v) is 4.98. The van der Waals surface area contributed by atoms with Crippen LogP contribution in [-0.4, -0.2) is 37.1 Å². The van der Waals surface area contributed by atoms with Crippen molar-refractivity contribution in [2.45, 2.75) is 19.5 Å². The lowest BCUT2D eigenvalue weighted by Gasteiger charge is -2.24. The predicted octanol–water partition coefficient (Wildman–Crippen LogP) is 2.32. The number of nitrogens with zero attached hydrogens (tertiary/aromatic N) is 1. The fraction of sp³-hybridized carbons (Fsp3) is 0.462. The summed E-state index contributed by atoms with van der Waals surface area (Å²) in [4.78, 5) is 13.7. The predicted molar refractivity (Wildman–Crippen MR) is 77.4 cm³/mol. The molecule has 1 aromatic rings. The molecule has 0 saturated carbocycles. The third kappa shape index (κ3) is 4.66. The van der Waals surface area contributed by atoms with Crippen molar-refractivity contribution in [3.8, 4) is 0 Å². The third-order valence-corrected chi connectivity index (χ3v) is 3.45. The number of methoxy groups -OCH3 is 1. The molecule has 0 radical (unpaired) electrons. The molecule has 1 amide bonds. The van der Waals surface area contributed by atoms with E-state index in [1.54, 1.807) is 17.0 Å². The van der Waals surface area contributed by atoms with Crippen LogP contribution in [-0.2, 0) is 16.1 Å². The molecule has 6 heteroatoms. The number of hydrogen-bond acceptors (Lipinski definition) is 3. The molecule has 19 heavy (non-hydrogen) atoms. The van der Waals surface area contributed by atoms with Gasteiger partial charge in [0.15, 0.2) is 0 Å². The Bertz CT molecular complexity index is 441. The molecule has 1 unspecified atom stereocenters. The zero-order chi connectivity index (χ0) is 14.4. The molecule has 1 aromatic carbocycles. The molecule has 4 nitrogen and oxygen atoms in total. The summed E-state index contributed by atoms with van der Waals surface area (Å²) >= 11 is 11.8. The molecule has 0 aliphatic rings. The van der Waals surface area contributed by atoms with E-state index in [0.717, 1.165) is 5.56 Å². The van der Waals surface area contributed by atoms with Crippen molar-refractivity contribution >= 4 is 29.1 Å². The van der Waals surface area contributed by atoms with Gasteiger partial charge in [0.25, 0.3) is 0 Å². The van der Waals surface area contributed by atoms with Gasteiger partial charge in [-0.05, 0) is 24.6 Å². The number of nitrogens with two attached hydrogens (primary N) is 1. The summed E-state index contributed by atoms with van der Waals surface area (Å²) < 4.78 is 4.89. The van der Waals surface area contributed by atoms with E-state index < -0.39 is 6.04 Å². The van der Waals surface area contributed by atoms with Crippen molar-refractivity contribution in [3.05, 3.63) is 33.8 Å². The van der Waals surface area contributed by atoms with E-state index in [2.05, 4.69) is 0 Å². The molecule has 0 aliphatic heterocycles. The van der Waals surface area contributed by atoms with E-state index in [1.807, 2.05) is 13.0 Å². The molecule has 106 valence electrons. The Balaban J connectivity index is 2.75. The van der Waals surface area contributed by atoms with Gasteiger partial charge in [0, 0.05) is 20.2 Å². The highest BCUT2D eigenvalue weighted by atomic mass is 35.5. The first-order valence-corrected chi connectivity index (χ1v) is 6.72. The highest BCUT2D eigenvalue weighted by Crippen LogP contribution is 2.23. The lowest BCUT2D eigenvalue weighted by Crippen LogP contribution is -2.45. The Labute approximate surface area is 123 Å². The lowest BCUT2D eigenvalue weighted by atomic mass is 10.2. The van der Waals surface area contributed by atoms with Crippen LogP contribution in [0.4, 0.5) is 0 Å². The van der Waals surface area contributed by atoms with Crippen molar-refractivity contribution in [3.63, 3.8) is 0 Å². The number of carbonyl (C=O) groups is 1. The van der Waals surface area contributed by atoms with Gasteiger partial charge in [0.2, 0.25) is 5.91 Å². The second kappa shape index (κ2) is 7.70. The Morgan fingerprint density at radius 2 is 2.11 bits per heavy atom. The first-order valence-electron chi connectivity index (χ1n) is 5.96. The highest BCUT2D eigenvalue weighted by Gasteiger charge is 2.20. The van der Waals surface area contributed by atoms with Crippen LogP contribution in [0.1, 0.15) is 12.5 Å². The Morgan fingerprint density at radius 1 is 1.42 bits per heavy atom. The number of benzene rings is 1. The number of amides is 1. The van der Waals surface area contributed by atoms with E-state index in [0.29, 0.717) is 23.1 Å². The minimum Gasteiger partial charge on any atom is -0.383 e. The Morgan fingerprint density at radius 3 is 2.63 bits per heavy atom. The van der Waals surface area contributed by atoms with Crippen molar-refractivity contribution in [2.24, 2.45) is 5.73 Å². The topological polar surface area (TPSA) is 55.6 Å². The van der Waals surface area contributed by atoms with Crippen molar-refractivity contribution < 1.29 is 9.53 Å². The normalized spacial score (nSPS) is 12.3. The average Bonchev–Trinajstić information content (AvgIpc) is 2.39. The molecule has 0 bridgehead atoms. The Hall–Kier alpha value is -0.810. The van der Waals surface area contributed by atoms with E-state index in [1.165, 1.54) is 7.11 Å². The van der Waals surface area contributed by atoms with Crippen LogP contribution in [0, 0.1) is 0 Å². The first kappa shape index (κ1) is 16.2. The number of hydrogen-bond donors (Lipinski definition) is 1. The summed E-state index contributed by atoms with van der Waals surface area (Å²) in [5.41, 5.74) is 6.66. The zero-order valence-electron chi connectivity index (χ0n) is 11.0. The maximum absolute atomic E-state index is 12.1. The van der Waals surface area contributed by atoms with Gasteiger partial charge in [-0.25, -0.2) is 0 Å². The molecule has 0 aliphatic carbocycles. The fourth-order valence-electron chi connectivity index (χ4n) is 1.69. The quantitative estimate of drug-likeness (QED) is 0.877. The van der Waals surface area contributed by atoms with Gasteiger partial charge in [-0.2, -0.15) is 0 Å². The van der Waals surface area contributed by atoms with E-state index >= 15 is 0 Å². The molecule has 1 rings (SSSR count). The summed E-state index contributed by atoms with van der Waals surface area (Å²) in [6.45, 7) is 3.12. The SMILES string of the molecule is CCN(Cc1ccc(Cl)c(Cl)c1)C(=O)C(N)COC. The summed E-state index contributed by atoms with van der Waals surface area (Å²) in [6, 6.07) is 4.66. The molecule has 2 N–H and O–H groups in total. The van der Waals surface area contributed by atoms with Crippen LogP contribution in [0.15, 0.2) is 18.2 Å². The van der Waals surface area contributed by atoms with Crippen molar-refractivity contribution in [1.29, 1.82) is 0 Å². The van der Waals surface area contributed by atoms with E-state index in [9.17, 15) is 4.79 Å². The lowest BCUT2D eigenvalue weighted by molar-refractivity contribution is -0.134.